The lowest BCUT2D eigenvalue weighted by Gasteiger charge is -2.39. The van der Waals surface area contributed by atoms with Crippen LogP contribution >= 0.6 is 0 Å². The molecule has 0 fully saturated rings. The second kappa shape index (κ2) is 23.2. The van der Waals surface area contributed by atoms with E-state index in [2.05, 4.69) is 50.1 Å². The number of carbonyl (C=O) groups is 6. The number of hydrogen-bond acceptors (Lipinski definition) is 10. The largest absolute Gasteiger partial charge is 0.465 e. The third-order valence-electron chi connectivity index (χ3n) is 9.45. The molecule has 0 aliphatic heterocycles. The molecular formula is C47H60N2O12. The fourth-order valence-corrected chi connectivity index (χ4v) is 5.86. The Bertz CT molecular complexity index is 2040. The number of esters is 4. The maximum absolute atomic E-state index is 12.4. The molecule has 14 nitrogen and oxygen atoms in total. The van der Waals surface area contributed by atoms with Gasteiger partial charge in [0.25, 0.3) is 0 Å². The van der Waals surface area contributed by atoms with E-state index < -0.39 is 71.2 Å². The lowest BCUT2D eigenvalue weighted by atomic mass is 9.75. The highest BCUT2D eigenvalue weighted by molar-refractivity contribution is 5.88. The van der Waals surface area contributed by atoms with Crippen molar-refractivity contribution in [2.24, 2.45) is 0 Å². The van der Waals surface area contributed by atoms with Gasteiger partial charge >= 0.3 is 36.1 Å². The van der Waals surface area contributed by atoms with Gasteiger partial charge in [0.15, 0.2) is 0 Å². The number of rotatable bonds is 20. The number of carbonyl (C=O) groups excluding carboxylic acids is 4. The summed E-state index contributed by atoms with van der Waals surface area (Å²) in [5.74, 6) is -2.77. The van der Waals surface area contributed by atoms with Gasteiger partial charge in [0, 0.05) is 33.6 Å². The summed E-state index contributed by atoms with van der Waals surface area (Å²) in [4.78, 5) is 71.1. The fourth-order valence-electron chi connectivity index (χ4n) is 5.86. The zero-order valence-corrected chi connectivity index (χ0v) is 36.6. The lowest BCUT2D eigenvalue weighted by molar-refractivity contribution is -0.153. The number of ether oxygens (including phenoxy) is 4. The zero-order valence-electron chi connectivity index (χ0n) is 36.6. The summed E-state index contributed by atoms with van der Waals surface area (Å²) in [7, 11) is 0. The van der Waals surface area contributed by atoms with Crippen LogP contribution in [-0.2, 0) is 49.0 Å². The van der Waals surface area contributed by atoms with Gasteiger partial charge in [0.05, 0.1) is 0 Å². The average molecular weight is 845 g/mol. The third kappa shape index (κ3) is 16.1. The number of carboxylic acid groups (broad SMARTS) is 2. The van der Waals surface area contributed by atoms with E-state index in [0.717, 1.165) is 39.5 Å². The number of nitrogens with one attached hydrogen (secondary N) is 2. The highest BCUT2D eigenvalue weighted by Crippen LogP contribution is 2.35. The minimum atomic E-state index is -1.35. The summed E-state index contributed by atoms with van der Waals surface area (Å²) < 4.78 is 21.6. The quantitative estimate of drug-likeness (QED) is 0.0567. The van der Waals surface area contributed by atoms with Gasteiger partial charge in [-0.15, -0.1) is 0 Å². The van der Waals surface area contributed by atoms with Crippen molar-refractivity contribution < 1.29 is 57.9 Å². The van der Waals surface area contributed by atoms with Crippen molar-refractivity contribution in [1.82, 2.24) is 10.6 Å². The molecule has 2 amide bonds. The van der Waals surface area contributed by atoms with Crippen LogP contribution in [0.25, 0.3) is 11.1 Å². The summed E-state index contributed by atoms with van der Waals surface area (Å²) in [6.07, 6.45) is -3.74. The Labute approximate surface area is 358 Å². The van der Waals surface area contributed by atoms with Crippen LogP contribution < -0.4 is 10.6 Å². The molecule has 2 aromatic rings. The van der Waals surface area contributed by atoms with Crippen LogP contribution in [-0.4, -0.2) is 83.8 Å². The van der Waals surface area contributed by atoms with Gasteiger partial charge in [-0.25, -0.2) is 28.8 Å². The van der Waals surface area contributed by atoms with Crippen molar-refractivity contribution >= 4 is 47.2 Å². The van der Waals surface area contributed by atoms with Gasteiger partial charge < -0.3 is 39.8 Å². The van der Waals surface area contributed by atoms with Gasteiger partial charge in [-0.1, -0.05) is 127 Å². The number of benzene rings is 2. The number of allylic oxidation sites excluding steroid dienone is 2. The smallest absolute Gasteiger partial charge is 0.405 e. The van der Waals surface area contributed by atoms with Crippen molar-refractivity contribution in [3.8, 4) is 0 Å². The van der Waals surface area contributed by atoms with Crippen molar-refractivity contribution in [3.05, 3.63) is 133 Å². The minimum Gasteiger partial charge on any atom is -0.465 e. The molecule has 0 radical (unpaired) electrons. The van der Waals surface area contributed by atoms with Crippen LogP contribution in [0, 0.1) is 0 Å². The number of hydrogen-bond donors (Lipinski definition) is 4. The van der Waals surface area contributed by atoms with Crippen molar-refractivity contribution in [1.29, 1.82) is 0 Å². The van der Waals surface area contributed by atoms with E-state index in [4.69, 9.17) is 18.9 Å². The first-order valence-electron chi connectivity index (χ1n) is 19.0. The summed E-state index contributed by atoms with van der Waals surface area (Å²) in [5, 5.41) is 23.3. The molecular weight excluding hydrogens is 785 g/mol. The summed E-state index contributed by atoms with van der Waals surface area (Å²) in [6, 6.07) is 12.9. The van der Waals surface area contributed by atoms with Crippen LogP contribution in [0.5, 0.6) is 0 Å². The highest BCUT2D eigenvalue weighted by Gasteiger charge is 2.43. The Morgan fingerprint density at radius 1 is 0.607 bits per heavy atom. The molecule has 4 atom stereocenters. The molecule has 0 heterocycles. The Morgan fingerprint density at radius 3 is 1.25 bits per heavy atom. The molecule has 0 bridgehead atoms. The Morgan fingerprint density at radius 2 is 0.951 bits per heavy atom. The standard InChI is InChI=1S/C24H31NO6.C23H29NO6/c1-14(2)17-10-9-11-18(12-17)24(7,8)20(31-22(27)16(5)6)19(25-23(28)29)13-30-21(26)15(3)4;1-8-19(25)30-20(18(24-22(27)28)13-29-21(26)15(4)5)23(6,7)17-11-9-10-16(12-17)14(2)3/h9-12,19-20,25H,1,3,5,13H2,2,4,6-8H3,(H,28,29);8-12,18,20,24H,1-2,4,13H2,3,5-7H3,(H,27,28). The maximum atomic E-state index is 12.4. The van der Waals surface area contributed by atoms with E-state index in [0.29, 0.717) is 0 Å². The molecule has 0 spiro atoms. The Kier molecular flexibility index (Phi) is 19.9. The molecule has 0 aromatic heterocycles. The SMILES string of the molecule is C=C(C)C(=O)OCC(NC(=O)O)C(OC(=O)C(=C)C)C(C)(C)c1cccc(C(=C)C)c1.C=CC(=O)OC(C(COC(=O)C(=C)C)NC(=O)O)C(C)(C)c1cccc(C(=C)C)c1. The minimum absolute atomic E-state index is 0.157. The Hall–Kier alpha value is -6.70. The van der Waals surface area contributed by atoms with E-state index in [1.54, 1.807) is 0 Å². The molecule has 0 saturated heterocycles. The van der Waals surface area contributed by atoms with E-state index in [9.17, 15) is 39.0 Å². The zero-order chi connectivity index (χ0) is 47.0. The van der Waals surface area contributed by atoms with Crippen LogP contribution in [0.15, 0.2) is 111 Å². The average Bonchev–Trinajstić information content (AvgIpc) is 3.18. The Balaban J connectivity index is 0.000000610. The molecule has 0 aliphatic carbocycles. The second-order valence-electron chi connectivity index (χ2n) is 15.7. The van der Waals surface area contributed by atoms with Gasteiger partial charge in [-0.05, 0) is 56.9 Å². The van der Waals surface area contributed by atoms with Crippen molar-refractivity contribution in [2.75, 3.05) is 13.2 Å². The molecule has 0 saturated carbocycles. The third-order valence-corrected chi connectivity index (χ3v) is 9.45. The molecule has 4 N–H and O–H groups in total. The second-order valence-corrected chi connectivity index (χ2v) is 15.7. The molecule has 2 aromatic carbocycles. The van der Waals surface area contributed by atoms with Crippen LogP contribution in [0.3, 0.4) is 0 Å². The predicted molar refractivity (Wildman–Crippen MR) is 235 cm³/mol. The van der Waals surface area contributed by atoms with Gasteiger partial charge in [-0.3, -0.25) is 0 Å². The first kappa shape index (κ1) is 52.3. The summed E-state index contributed by atoms with van der Waals surface area (Å²) >= 11 is 0. The lowest BCUT2D eigenvalue weighted by Crippen LogP contribution is -2.55. The van der Waals surface area contributed by atoms with E-state index in [1.807, 2.05) is 90.1 Å². The molecule has 14 heteroatoms. The molecule has 0 aliphatic rings. The van der Waals surface area contributed by atoms with Crippen molar-refractivity contribution in [2.45, 2.75) is 97.4 Å². The first-order valence-corrected chi connectivity index (χ1v) is 19.0. The summed E-state index contributed by atoms with van der Waals surface area (Å²) in [5.41, 5.74) is 3.81. The van der Waals surface area contributed by atoms with Crippen molar-refractivity contribution in [3.63, 3.8) is 0 Å². The van der Waals surface area contributed by atoms with Crippen LogP contribution in [0.4, 0.5) is 9.59 Å². The number of amides is 2. The molecule has 330 valence electrons. The van der Waals surface area contributed by atoms with E-state index in [-0.39, 0.29) is 29.9 Å². The predicted octanol–water partition coefficient (Wildman–Crippen LogP) is 8.09. The van der Waals surface area contributed by atoms with Crippen LogP contribution in [0.2, 0.25) is 0 Å². The van der Waals surface area contributed by atoms with Gasteiger partial charge in [0.1, 0.15) is 37.5 Å². The van der Waals surface area contributed by atoms with Gasteiger partial charge in [0.2, 0.25) is 0 Å². The first-order chi connectivity index (χ1) is 28.2. The molecule has 61 heavy (non-hydrogen) atoms. The molecule has 4 unspecified atom stereocenters. The highest BCUT2D eigenvalue weighted by atomic mass is 16.6. The topological polar surface area (TPSA) is 204 Å². The summed E-state index contributed by atoms with van der Waals surface area (Å²) in [6.45, 7) is 36.7. The normalized spacial score (nSPS) is 12.8. The monoisotopic (exact) mass is 844 g/mol. The van der Waals surface area contributed by atoms with Crippen LogP contribution in [0.1, 0.15) is 84.6 Å². The van der Waals surface area contributed by atoms with E-state index >= 15 is 0 Å². The fraction of sp³-hybridized carbons (Fsp3) is 0.362. The van der Waals surface area contributed by atoms with E-state index in [1.165, 1.54) is 20.8 Å². The molecule has 2 rings (SSSR count). The van der Waals surface area contributed by atoms with Gasteiger partial charge in [-0.2, -0.15) is 0 Å². The maximum Gasteiger partial charge on any atom is 0.405 e.